The van der Waals surface area contributed by atoms with Crippen molar-refractivity contribution < 1.29 is 9.53 Å². The van der Waals surface area contributed by atoms with Crippen LogP contribution < -0.4 is 0 Å². The fourth-order valence-electron chi connectivity index (χ4n) is 2.21. The molecule has 0 aliphatic heterocycles. The van der Waals surface area contributed by atoms with Crippen LogP contribution in [0.1, 0.15) is 21.5 Å². The van der Waals surface area contributed by atoms with Gasteiger partial charge in [-0.1, -0.05) is 41.9 Å². The number of esters is 1. The summed E-state index contributed by atoms with van der Waals surface area (Å²) in [7, 11) is 0. The quantitative estimate of drug-likeness (QED) is 0.537. The number of fused-ring (bicyclic) bond motifs is 1. The lowest BCUT2D eigenvalue weighted by atomic mass is 10.1. The second-order valence-electron chi connectivity index (χ2n) is 4.89. The van der Waals surface area contributed by atoms with E-state index in [9.17, 15) is 4.79 Å². The number of hydrogen-bond acceptors (Lipinski definition) is 4. The molecule has 5 heteroatoms. The van der Waals surface area contributed by atoms with Crippen LogP contribution in [0.4, 0.5) is 0 Å². The Morgan fingerprint density at radius 3 is 2.65 bits per heavy atom. The van der Waals surface area contributed by atoms with Gasteiger partial charge in [-0.05, 0) is 29.8 Å². The van der Waals surface area contributed by atoms with Gasteiger partial charge in [0.05, 0.1) is 22.7 Å². The molecular weight excluding hydrogens is 312 g/mol. The standard InChI is InChI=1S/C18H11ClN2O2/c19-17-9-15(14-3-1-2-4-16(14)21-17)18(22)23-11-13-7-5-12(10-20)6-8-13/h1-9H,11H2. The van der Waals surface area contributed by atoms with Crippen molar-refractivity contribution in [2.45, 2.75) is 6.61 Å². The van der Waals surface area contributed by atoms with Gasteiger partial charge in [0.15, 0.2) is 0 Å². The van der Waals surface area contributed by atoms with Crippen LogP contribution in [0.2, 0.25) is 5.15 Å². The molecule has 0 atom stereocenters. The van der Waals surface area contributed by atoms with Gasteiger partial charge in [0.1, 0.15) is 11.8 Å². The minimum Gasteiger partial charge on any atom is -0.457 e. The van der Waals surface area contributed by atoms with E-state index < -0.39 is 5.97 Å². The van der Waals surface area contributed by atoms with Gasteiger partial charge in [0.25, 0.3) is 0 Å². The minimum atomic E-state index is -0.463. The van der Waals surface area contributed by atoms with Crippen molar-refractivity contribution in [1.82, 2.24) is 4.98 Å². The molecule has 23 heavy (non-hydrogen) atoms. The van der Waals surface area contributed by atoms with Crippen molar-refractivity contribution in [2.24, 2.45) is 0 Å². The summed E-state index contributed by atoms with van der Waals surface area (Å²) in [5.41, 5.74) is 2.40. The number of aromatic nitrogens is 1. The van der Waals surface area contributed by atoms with Gasteiger partial charge < -0.3 is 4.74 Å². The molecule has 4 nitrogen and oxygen atoms in total. The van der Waals surface area contributed by atoms with Gasteiger partial charge >= 0.3 is 5.97 Å². The van der Waals surface area contributed by atoms with E-state index in [-0.39, 0.29) is 11.8 Å². The summed E-state index contributed by atoms with van der Waals surface area (Å²) in [4.78, 5) is 16.5. The average molecular weight is 323 g/mol. The summed E-state index contributed by atoms with van der Waals surface area (Å²) in [6.07, 6.45) is 0. The lowest BCUT2D eigenvalue weighted by Crippen LogP contribution is -2.06. The Hall–Kier alpha value is -2.90. The van der Waals surface area contributed by atoms with Crippen LogP contribution in [0.25, 0.3) is 10.9 Å². The van der Waals surface area contributed by atoms with Crippen molar-refractivity contribution in [3.8, 4) is 6.07 Å². The first-order valence-corrected chi connectivity index (χ1v) is 7.26. The SMILES string of the molecule is N#Cc1ccc(COC(=O)c2cc(Cl)nc3ccccc23)cc1. The molecule has 0 bridgehead atoms. The Morgan fingerprint density at radius 2 is 1.91 bits per heavy atom. The number of nitriles is 1. The van der Waals surface area contributed by atoms with E-state index in [4.69, 9.17) is 21.6 Å². The van der Waals surface area contributed by atoms with E-state index in [1.165, 1.54) is 6.07 Å². The Morgan fingerprint density at radius 1 is 1.17 bits per heavy atom. The summed E-state index contributed by atoms with van der Waals surface area (Å²) >= 11 is 5.97. The Labute approximate surface area is 137 Å². The van der Waals surface area contributed by atoms with Crippen molar-refractivity contribution in [3.63, 3.8) is 0 Å². The predicted molar refractivity (Wildman–Crippen MR) is 87.0 cm³/mol. The number of nitrogens with zero attached hydrogens (tertiary/aromatic N) is 2. The molecule has 112 valence electrons. The summed E-state index contributed by atoms with van der Waals surface area (Å²) in [5, 5.41) is 9.71. The fourth-order valence-corrected chi connectivity index (χ4v) is 2.41. The van der Waals surface area contributed by atoms with Crippen molar-refractivity contribution >= 4 is 28.5 Å². The molecule has 0 N–H and O–H groups in total. The van der Waals surface area contributed by atoms with E-state index in [0.717, 1.165) is 5.56 Å². The van der Waals surface area contributed by atoms with Gasteiger partial charge in [-0.2, -0.15) is 5.26 Å². The number of carbonyl (C=O) groups is 1. The zero-order valence-electron chi connectivity index (χ0n) is 12.0. The number of hydrogen-bond donors (Lipinski definition) is 0. The molecule has 0 saturated carbocycles. The lowest BCUT2D eigenvalue weighted by Gasteiger charge is -2.08. The third kappa shape index (κ3) is 3.31. The molecular formula is C18H11ClN2O2. The Balaban J connectivity index is 1.82. The van der Waals surface area contributed by atoms with Crippen LogP contribution >= 0.6 is 11.6 Å². The highest BCUT2D eigenvalue weighted by atomic mass is 35.5. The van der Waals surface area contributed by atoms with E-state index in [0.29, 0.717) is 22.0 Å². The summed E-state index contributed by atoms with van der Waals surface area (Å²) < 4.78 is 5.34. The topological polar surface area (TPSA) is 63.0 Å². The average Bonchev–Trinajstić information content (AvgIpc) is 2.59. The first kappa shape index (κ1) is 15.0. The van der Waals surface area contributed by atoms with Crippen molar-refractivity contribution in [1.29, 1.82) is 5.26 Å². The molecule has 2 aromatic carbocycles. The zero-order chi connectivity index (χ0) is 16.2. The van der Waals surface area contributed by atoms with Crippen LogP contribution in [0.3, 0.4) is 0 Å². The minimum absolute atomic E-state index is 0.124. The third-order valence-corrected chi connectivity index (χ3v) is 3.55. The van der Waals surface area contributed by atoms with Crippen LogP contribution in [0.5, 0.6) is 0 Å². The predicted octanol–water partition coefficient (Wildman–Crippen LogP) is 4.12. The summed E-state index contributed by atoms with van der Waals surface area (Å²) in [5.74, 6) is -0.463. The van der Waals surface area contributed by atoms with Crippen LogP contribution in [-0.4, -0.2) is 11.0 Å². The number of pyridine rings is 1. The summed E-state index contributed by atoms with van der Waals surface area (Å²) in [6.45, 7) is 0.124. The van der Waals surface area contributed by atoms with E-state index in [2.05, 4.69) is 4.98 Å². The maximum absolute atomic E-state index is 12.3. The normalized spacial score (nSPS) is 10.3. The summed E-state index contributed by atoms with van der Waals surface area (Å²) in [6, 6.07) is 17.7. The Bertz CT molecular complexity index is 914. The second kappa shape index (κ2) is 6.47. The number of para-hydroxylation sites is 1. The van der Waals surface area contributed by atoms with E-state index in [1.807, 2.05) is 18.2 Å². The first-order chi connectivity index (χ1) is 11.2. The number of halogens is 1. The lowest BCUT2D eigenvalue weighted by molar-refractivity contribution is 0.0475. The highest BCUT2D eigenvalue weighted by molar-refractivity contribution is 6.30. The molecule has 0 aliphatic rings. The van der Waals surface area contributed by atoms with Gasteiger partial charge in [0, 0.05) is 5.39 Å². The maximum Gasteiger partial charge on any atom is 0.339 e. The van der Waals surface area contributed by atoms with Crippen LogP contribution in [-0.2, 0) is 11.3 Å². The molecule has 0 amide bonds. The molecule has 0 radical (unpaired) electrons. The van der Waals surface area contributed by atoms with Gasteiger partial charge in [0.2, 0.25) is 0 Å². The first-order valence-electron chi connectivity index (χ1n) is 6.89. The second-order valence-corrected chi connectivity index (χ2v) is 5.28. The van der Waals surface area contributed by atoms with Crippen LogP contribution in [0, 0.1) is 11.3 Å². The van der Waals surface area contributed by atoms with E-state index in [1.54, 1.807) is 36.4 Å². The number of rotatable bonds is 3. The Kier molecular flexibility index (Phi) is 4.22. The number of ether oxygens (including phenoxy) is 1. The number of carbonyl (C=O) groups excluding carboxylic acids is 1. The van der Waals surface area contributed by atoms with Crippen molar-refractivity contribution in [2.75, 3.05) is 0 Å². The highest BCUT2D eigenvalue weighted by Gasteiger charge is 2.14. The van der Waals surface area contributed by atoms with Crippen LogP contribution in [0.15, 0.2) is 54.6 Å². The number of benzene rings is 2. The van der Waals surface area contributed by atoms with E-state index >= 15 is 0 Å². The highest BCUT2D eigenvalue weighted by Crippen LogP contribution is 2.22. The molecule has 1 heterocycles. The zero-order valence-corrected chi connectivity index (χ0v) is 12.7. The van der Waals surface area contributed by atoms with Gasteiger partial charge in [-0.3, -0.25) is 0 Å². The molecule has 0 aliphatic carbocycles. The third-order valence-electron chi connectivity index (χ3n) is 3.36. The molecule has 3 rings (SSSR count). The fraction of sp³-hybridized carbons (Fsp3) is 0.0556. The molecule has 0 fully saturated rings. The molecule has 0 saturated heterocycles. The van der Waals surface area contributed by atoms with Gasteiger partial charge in [-0.25, -0.2) is 9.78 Å². The monoisotopic (exact) mass is 322 g/mol. The molecule has 3 aromatic rings. The van der Waals surface area contributed by atoms with Crippen molar-refractivity contribution in [3.05, 3.63) is 76.4 Å². The largest absolute Gasteiger partial charge is 0.457 e. The maximum atomic E-state index is 12.3. The molecule has 0 unspecified atom stereocenters. The molecule has 0 spiro atoms. The smallest absolute Gasteiger partial charge is 0.339 e. The molecule has 1 aromatic heterocycles. The van der Waals surface area contributed by atoms with Gasteiger partial charge in [-0.15, -0.1) is 0 Å².